The first-order chi connectivity index (χ1) is 14.1. The van der Waals surface area contributed by atoms with Crippen LogP contribution in [0.2, 0.25) is 0 Å². The summed E-state index contributed by atoms with van der Waals surface area (Å²) in [7, 11) is -3.34. The van der Waals surface area contributed by atoms with Gasteiger partial charge in [0.05, 0.1) is 35.9 Å². The molecule has 0 aliphatic carbocycles. The summed E-state index contributed by atoms with van der Waals surface area (Å²) in [5.41, 5.74) is 3.69. The second-order valence-electron chi connectivity index (χ2n) is 7.53. The third kappa shape index (κ3) is 3.22. The molecule has 0 spiro atoms. The topological polar surface area (TPSA) is 118 Å². The molecule has 0 saturated carbocycles. The van der Waals surface area contributed by atoms with Gasteiger partial charge in [0, 0.05) is 6.54 Å². The summed E-state index contributed by atoms with van der Waals surface area (Å²) in [4.78, 5) is 25.8. The molecule has 2 N–H and O–H groups in total. The van der Waals surface area contributed by atoms with E-state index in [0.29, 0.717) is 30.0 Å². The molecule has 1 atom stereocenters. The summed E-state index contributed by atoms with van der Waals surface area (Å²) < 4.78 is 25.2. The highest BCUT2D eigenvalue weighted by molar-refractivity contribution is 7.92. The average Bonchev–Trinajstić information content (AvgIpc) is 3.10. The first-order valence-corrected chi connectivity index (χ1v) is 11.2. The Balaban J connectivity index is 1.78. The van der Waals surface area contributed by atoms with E-state index >= 15 is 0 Å². The van der Waals surface area contributed by atoms with Crippen LogP contribution in [0.5, 0.6) is 0 Å². The predicted molar refractivity (Wildman–Crippen MR) is 113 cm³/mol. The minimum absolute atomic E-state index is 0.0333. The Morgan fingerprint density at radius 2 is 1.60 bits per heavy atom. The van der Waals surface area contributed by atoms with E-state index in [1.807, 2.05) is 6.07 Å². The lowest BCUT2D eigenvalue weighted by Crippen LogP contribution is -2.51. The van der Waals surface area contributed by atoms with Gasteiger partial charge in [-0.2, -0.15) is 0 Å². The summed E-state index contributed by atoms with van der Waals surface area (Å²) in [6, 6.07) is 9.94. The Morgan fingerprint density at radius 1 is 0.967 bits per heavy atom. The fourth-order valence-electron chi connectivity index (χ4n) is 4.17. The first-order valence-electron chi connectivity index (χ1n) is 9.35. The molecule has 9 nitrogen and oxygen atoms in total. The summed E-state index contributed by atoms with van der Waals surface area (Å²) in [6.07, 6.45) is -0.523. The van der Waals surface area contributed by atoms with Crippen LogP contribution in [0.3, 0.4) is 0 Å². The highest BCUT2D eigenvalue weighted by Gasteiger charge is 2.35. The number of amides is 2. The van der Waals surface area contributed by atoms with Gasteiger partial charge in [-0.1, -0.05) is 12.1 Å². The number of rotatable bonds is 2. The molecular weight excluding hydrogens is 410 g/mol. The predicted octanol–water partition coefficient (Wildman–Crippen LogP) is 3.05. The lowest BCUT2D eigenvalue weighted by Gasteiger charge is -2.38. The number of fused-ring (bicyclic) bond motifs is 2. The van der Waals surface area contributed by atoms with Gasteiger partial charge in [0.2, 0.25) is 10.0 Å². The molecule has 0 bridgehead atoms. The second-order valence-corrected chi connectivity index (χ2v) is 9.43. The highest BCUT2D eigenvalue weighted by atomic mass is 32.2. The van der Waals surface area contributed by atoms with Gasteiger partial charge in [0.15, 0.2) is 0 Å². The standard InChI is InChI=1S/C20H21N3O6S/c1-12-11-21(19(24)25)18-10-14(4-6-17(18)23(12)20(26)27)13-3-5-16-15(9-13)7-8-22(16)30(2,28)29/h3-6,9-10,12H,7-8,11H2,1-2H3,(H,24,25)(H,26,27)/t12-/m0/s1. The number of hydrogen-bond donors (Lipinski definition) is 2. The van der Waals surface area contributed by atoms with Crippen LogP contribution in [0.1, 0.15) is 12.5 Å². The van der Waals surface area contributed by atoms with Gasteiger partial charge in [-0.05, 0) is 54.3 Å². The van der Waals surface area contributed by atoms with Gasteiger partial charge < -0.3 is 10.2 Å². The van der Waals surface area contributed by atoms with Crippen molar-refractivity contribution in [1.82, 2.24) is 0 Å². The zero-order valence-electron chi connectivity index (χ0n) is 16.4. The van der Waals surface area contributed by atoms with E-state index in [2.05, 4.69) is 0 Å². The van der Waals surface area contributed by atoms with Crippen LogP contribution in [0.4, 0.5) is 26.7 Å². The summed E-state index contributed by atoms with van der Waals surface area (Å²) in [5, 5.41) is 19.2. The largest absolute Gasteiger partial charge is 0.465 e. The molecule has 2 heterocycles. The van der Waals surface area contributed by atoms with Crippen molar-refractivity contribution in [2.24, 2.45) is 0 Å². The molecule has 0 aromatic heterocycles. The number of nitrogens with zero attached hydrogens (tertiary/aromatic N) is 3. The zero-order chi connectivity index (χ0) is 21.8. The van der Waals surface area contributed by atoms with Gasteiger partial charge in [-0.3, -0.25) is 14.1 Å². The van der Waals surface area contributed by atoms with Gasteiger partial charge >= 0.3 is 12.2 Å². The lowest BCUT2D eigenvalue weighted by atomic mass is 9.99. The number of hydrogen-bond acceptors (Lipinski definition) is 4. The van der Waals surface area contributed by atoms with Crippen LogP contribution in [-0.4, -0.2) is 56.2 Å². The fourth-order valence-corrected chi connectivity index (χ4v) is 5.13. The summed E-state index contributed by atoms with van der Waals surface area (Å²) in [5.74, 6) is 0. The molecule has 10 heteroatoms. The normalized spacial score (nSPS) is 18.2. The van der Waals surface area contributed by atoms with E-state index in [9.17, 15) is 28.2 Å². The van der Waals surface area contributed by atoms with Gasteiger partial charge in [0.1, 0.15) is 0 Å². The second kappa shape index (κ2) is 6.91. The monoisotopic (exact) mass is 431 g/mol. The smallest absolute Gasteiger partial charge is 0.412 e. The Bertz CT molecular complexity index is 1160. The highest BCUT2D eigenvalue weighted by Crippen LogP contribution is 2.40. The first kappa shape index (κ1) is 20.0. The van der Waals surface area contributed by atoms with Crippen molar-refractivity contribution >= 4 is 39.3 Å². The minimum atomic E-state index is -3.34. The van der Waals surface area contributed by atoms with E-state index in [1.165, 1.54) is 15.5 Å². The van der Waals surface area contributed by atoms with Crippen molar-refractivity contribution in [2.45, 2.75) is 19.4 Å². The maximum absolute atomic E-state index is 11.9. The van der Waals surface area contributed by atoms with E-state index in [-0.39, 0.29) is 6.54 Å². The third-order valence-corrected chi connectivity index (χ3v) is 6.70. The molecule has 0 unspecified atom stereocenters. The van der Waals surface area contributed by atoms with Crippen LogP contribution in [-0.2, 0) is 16.4 Å². The van der Waals surface area contributed by atoms with Crippen molar-refractivity contribution in [1.29, 1.82) is 0 Å². The molecule has 2 aliphatic heterocycles. The minimum Gasteiger partial charge on any atom is -0.465 e. The molecule has 158 valence electrons. The van der Waals surface area contributed by atoms with Crippen molar-refractivity contribution in [2.75, 3.05) is 33.5 Å². The lowest BCUT2D eigenvalue weighted by molar-refractivity contribution is 0.194. The molecule has 2 aromatic rings. The molecule has 4 rings (SSSR count). The third-order valence-electron chi connectivity index (χ3n) is 5.52. The van der Waals surface area contributed by atoms with Crippen LogP contribution in [0.25, 0.3) is 11.1 Å². The van der Waals surface area contributed by atoms with Crippen molar-refractivity contribution in [3.63, 3.8) is 0 Å². The Morgan fingerprint density at radius 3 is 2.20 bits per heavy atom. The number of sulfonamides is 1. The van der Waals surface area contributed by atoms with E-state index in [1.54, 1.807) is 37.3 Å². The summed E-state index contributed by atoms with van der Waals surface area (Å²) >= 11 is 0. The molecule has 0 fully saturated rings. The number of anilines is 3. The number of benzene rings is 2. The molecule has 2 amide bonds. The molecule has 0 saturated heterocycles. The summed E-state index contributed by atoms with van der Waals surface area (Å²) in [6.45, 7) is 2.08. The Labute approximate surface area is 173 Å². The van der Waals surface area contributed by atoms with Crippen molar-refractivity contribution in [3.8, 4) is 11.1 Å². The molecule has 2 aliphatic rings. The Hall–Kier alpha value is -3.27. The van der Waals surface area contributed by atoms with Crippen LogP contribution >= 0.6 is 0 Å². The van der Waals surface area contributed by atoms with E-state index in [0.717, 1.165) is 21.6 Å². The molecule has 30 heavy (non-hydrogen) atoms. The van der Waals surface area contributed by atoms with Crippen molar-refractivity contribution < 1.29 is 28.2 Å². The van der Waals surface area contributed by atoms with Gasteiger partial charge in [0.25, 0.3) is 0 Å². The quantitative estimate of drug-likeness (QED) is 0.754. The van der Waals surface area contributed by atoms with Crippen LogP contribution in [0.15, 0.2) is 36.4 Å². The molecule has 0 radical (unpaired) electrons. The van der Waals surface area contributed by atoms with Crippen molar-refractivity contribution in [3.05, 3.63) is 42.0 Å². The SMILES string of the molecule is C[C@H]1CN(C(=O)O)c2cc(-c3ccc4c(c3)CCN4S(C)(=O)=O)ccc2N1C(=O)O. The maximum Gasteiger partial charge on any atom is 0.412 e. The number of carbonyl (C=O) groups is 2. The Kier molecular flexibility index (Phi) is 4.61. The van der Waals surface area contributed by atoms with E-state index in [4.69, 9.17) is 0 Å². The van der Waals surface area contributed by atoms with Gasteiger partial charge in [-0.25, -0.2) is 18.0 Å². The molecule has 2 aromatic carbocycles. The molecular formula is C20H21N3O6S. The van der Waals surface area contributed by atoms with Crippen LogP contribution < -0.4 is 14.1 Å². The average molecular weight is 431 g/mol. The zero-order valence-corrected chi connectivity index (χ0v) is 17.3. The maximum atomic E-state index is 11.9. The van der Waals surface area contributed by atoms with E-state index < -0.39 is 28.3 Å². The van der Waals surface area contributed by atoms with Gasteiger partial charge in [-0.15, -0.1) is 0 Å². The number of carboxylic acid groups (broad SMARTS) is 2. The van der Waals surface area contributed by atoms with Crippen LogP contribution in [0, 0.1) is 0 Å². The fraction of sp³-hybridized carbons (Fsp3) is 0.300.